The number of aromatic nitrogens is 1. The summed E-state index contributed by atoms with van der Waals surface area (Å²) >= 11 is 0. The molecule has 2 rings (SSSR count). The van der Waals surface area contributed by atoms with Gasteiger partial charge in [0.25, 0.3) is 0 Å². The first-order valence-corrected chi connectivity index (χ1v) is 6.19. The highest BCUT2D eigenvalue weighted by Crippen LogP contribution is 2.19. The molecule has 0 radical (unpaired) electrons. The van der Waals surface area contributed by atoms with Crippen molar-refractivity contribution in [1.82, 2.24) is 4.98 Å². The molecule has 1 aromatic carbocycles. The lowest BCUT2D eigenvalue weighted by atomic mass is 10.1. The zero-order valence-electron chi connectivity index (χ0n) is 9.20. The molecular weight excluding hydrogens is 256 g/mol. The minimum absolute atomic E-state index is 0.0350. The standard InChI is InChI=1S/C11H10N2O4S/c14-11(15)10(13-18(16)17)5-7-6-12-9-4-2-1-3-8(7)9/h1-4,6,10,12H,5H2,(H,14,15). The number of carbonyl (C=O) groups is 1. The molecule has 0 spiro atoms. The number of benzene rings is 1. The Morgan fingerprint density at radius 2 is 2.11 bits per heavy atom. The van der Waals surface area contributed by atoms with Crippen LogP contribution in [0.1, 0.15) is 5.56 Å². The number of fused-ring (bicyclic) bond motifs is 1. The van der Waals surface area contributed by atoms with Gasteiger partial charge in [-0.2, -0.15) is 12.8 Å². The topological polar surface area (TPSA) is 99.6 Å². The van der Waals surface area contributed by atoms with Crippen LogP contribution in [-0.2, 0) is 21.7 Å². The third-order valence-corrected chi connectivity index (χ3v) is 3.01. The van der Waals surface area contributed by atoms with E-state index in [1.165, 1.54) is 0 Å². The van der Waals surface area contributed by atoms with E-state index in [2.05, 4.69) is 9.35 Å². The van der Waals surface area contributed by atoms with Crippen LogP contribution in [0.15, 0.2) is 34.8 Å². The van der Waals surface area contributed by atoms with Crippen LogP contribution in [0.5, 0.6) is 0 Å². The van der Waals surface area contributed by atoms with Crippen molar-refractivity contribution in [3.05, 3.63) is 36.0 Å². The summed E-state index contributed by atoms with van der Waals surface area (Å²) in [5, 5.41) is 9.79. The molecule has 2 aromatic rings. The number of hydrogen-bond acceptors (Lipinski definition) is 4. The van der Waals surface area contributed by atoms with E-state index in [4.69, 9.17) is 5.11 Å². The van der Waals surface area contributed by atoms with E-state index in [1.807, 2.05) is 24.3 Å². The second-order valence-corrected chi connectivity index (χ2v) is 4.39. The zero-order valence-corrected chi connectivity index (χ0v) is 10.0. The fourth-order valence-corrected chi connectivity index (χ4v) is 2.15. The Morgan fingerprint density at radius 1 is 1.39 bits per heavy atom. The Labute approximate surface area is 104 Å². The summed E-state index contributed by atoms with van der Waals surface area (Å²) in [6.07, 6.45) is 1.71. The second-order valence-electron chi connectivity index (χ2n) is 3.74. The molecule has 94 valence electrons. The third kappa shape index (κ3) is 2.57. The van der Waals surface area contributed by atoms with Gasteiger partial charge in [0, 0.05) is 23.5 Å². The Hall–Kier alpha value is -2.15. The van der Waals surface area contributed by atoms with Gasteiger partial charge < -0.3 is 10.1 Å². The molecule has 0 aliphatic heterocycles. The first kappa shape index (κ1) is 12.3. The molecule has 0 saturated carbocycles. The van der Waals surface area contributed by atoms with E-state index < -0.39 is 22.5 Å². The molecule has 2 N–H and O–H groups in total. The minimum Gasteiger partial charge on any atom is -0.480 e. The van der Waals surface area contributed by atoms with Crippen molar-refractivity contribution in [3.63, 3.8) is 0 Å². The smallest absolute Gasteiger partial charge is 0.330 e. The summed E-state index contributed by atoms with van der Waals surface area (Å²) in [4.78, 5) is 13.9. The predicted molar refractivity (Wildman–Crippen MR) is 64.8 cm³/mol. The van der Waals surface area contributed by atoms with Gasteiger partial charge in [-0.1, -0.05) is 18.2 Å². The Kier molecular flexibility index (Phi) is 3.42. The second kappa shape index (κ2) is 5.01. The van der Waals surface area contributed by atoms with Crippen LogP contribution in [0.3, 0.4) is 0 Å². The number of carboxylic acid groups (broad SMARTS) is 1. The molecule has 0 fully saturated rings. The molecular formula is C11H10N2O4S. The summed E-state index contributed by atoms with van der Waals surface area (Å²) < 4.78 is 24.1. The van der Waals surface area contributed by atoms with Gasteiger partial charge in [0.1, 0.15) is 0 Å². The van der Waals surface area contributed by atoms with Crippen LogP contribution in [-0.4, -0.2) is 30.5 Å². The van der Waals surface area contributed by atoms with Crippen molar-refractivity contribution in [2.24, 2.45) is 4.36 Å². The van der Waals surface area contributed by atoms with Gasteiger partial charge in [-0.25, -0.2) is 4.79 Å². The fraction of sp³-hybridized carbons (Fsp3) is 0.182. The van der Waals surface area contributed by atoms with Gasteiger partial charge in [0.2, 0.25) is 0 Å². The van der Waals surface area contributed by atoms with Crippen LogP contribution in [0.4, 0.5) is 0 Å². The van der Waals surface area contributed by atoms with Gasteiger partial charge in [-0.3, -0.25) is 0 Å². The van der Waals surface area contributed by atoms with Crippen molar-refractivity contribution in [3.8, 4) is 0 Å². The maximum absolute atomic E-state index is 10.9. The van der Waals surface area contributed by atoms with Crippen molar-refractivity contribution in [2.75, 3.05) is 0 Å². The highest BCUT2D eigenvalue weighted by Gasteiger charge is 2.19. The lowest BCUT2D eigenvalue weighted by molar-refractivity contribution is -0.138. The summed E-state index contributed by atoms with van der Waals surface area (Å²) in [5.74, 6) is -1.26. The quantitative estimate of drug-likeness (QED) is 0.869. The number of nitrogens with zero attached hydrogens (tertiary/aromatic N) is 1. The maximum Gasteiger partial charge on any atom is 0.330 e. The van der Waals surface area contributed by atoms with Crippen LogP contribution in [0.25, 0.3) is 10.9 Å². The summed E-state index contributed by atoms with van der Waals surface area (Å²) in [7, 11) is -2.73. The largest absolute Gasteiger partial charge is 0.480 e. The first-order valence-electron chi connectivity index (χ1n) is 5.16. The monoisotopic (exact) mass is 266 g/mol. The molecule has 1 aromatic heterocycles. The molecule has 18 heavy (non-hydrogen) atoms. The van der Waals surface area contributed by atoms with Crippen molar-refractivity contribution >= 4 is 27.4 Å². The van der Waals surface area contributed by atoms with E-state index in [1.54, 1.807) is 6.20 Å². The van der Waals surface area contributed by atoms with Gasteiger partial charge in [-0.15, -0.1) is 0 Å². The number of H-pyrrole nitrogens is 1. The first-order chi connectivity index (χ1) is 8.58. The van der Waals surface area contributed by atoms with Gasteiger partial charge >= 0.3 is 16.5 Å². The number of aliphatic carboxylic acids is 1. The highest BCUT2D eigenvalue weighted by atomic mass is 32.2. The number of aromatic amines is 1. The van der Waals surface area contributed by atoms with Crippen LogP contribution < -0.4 is 0 Å². The van der Waals surface area contributed by atoms with Crippen LogP contribution in [0, 0.1) is 0 Å². The Bertz CT molecular complexity index is 709. The van der Waals surface area contributed by atoms with E-state index in [0.717, 1.165) is 16.5 Å². The molecule has 0 bridgehead atoms. The summed E-state index contributed by atoms with van der Waals surface area (Å²) in [5.41, 5.74) is 1.60. The van der Waals surface area contributed by atoms with Crippen molar-refractivity contribution < 1.29 is 18.3 Å². The number of para-hydroxylation sites is 1. The van der Waals surface area contributed by atoms with Crippen molar-refractivity contribution in [2.45, 2.75) is 12.5 Å². The number of rotatable bonds is 4. The van der Waals surface area contributed by atoms with Gasteiger partial charge in [0.05, 0.1) is 0 Å². The van der Waals surface area contributed by atoms with E-state index in [0.29, 0.717) is 0 Å². The molecule has 0 amide bonds. The average Bonchev–Trinajstić information content (AvgIpc) is 2.71. The molecule has 6 nitrogen and oxygen atoms in total. The minimum atomic E-state index is -2.73. The highest BCUT2D eigenvalue weighted by molar-refractivity contribution is 7.61. The number of carboxylic acids is 1. The molecule has 0 aliphatic rings. The predicted octanol–water partition coefficient (Wildman–Crippen LogP) is 1.23. The molecule has 1 atom stereocenters. The Balaban J connectivity index is 2.37. The van der Waals surface area contributed by atoms with E-state index in [-0.39, 0.29) is 6.42 Å². The normalized spacial score (nSPS) is 12.2. The molecule has 1 heterocycles. The lowest BCUT2D eigenvalue weighted by Gasteiger charge is -2.03. The molecule has 1 unspecified atom stereocenters. The summed E-state index contributed by atoms with van der Waals surface area (Å²) in [6.45, 7) is 0. The fourth-order valence-electron chi connectivity index (χ4n) is 1.78. The zero-order chi connectivity index (χ0) is 13.1. The number of hydrogen-bond donors (Lipinski definition) is 2. The van der Waals surface area contributed by atoms with Gasteiger partial charge in [-0.05, 0) is 11.6 Å². The van der Waals surface area contributed by atoms with Crippen LogP contribution >= 0.6 is 0 Å². The third-order valence-electron chi connectivity index (χ3n) is 2.59. The molecule has 7 heteroatoms. The SMILES string of the molecule is O=C(O)C(Cc1c[nH]c2ccccc12)N=S(=O)=O. The maximum atomic E-state index is 10.9. The van der Waals surface area contributed by atoms with Crippen molar-refractivity contribution in [1.29, 1.82) is 0 Å². The number of nitrogens with one attached hydrogen (secondary N) is 1. The lowest BCUT2D eigenvalue weighted by Crippen LogP contribution is -2.20. The molecule has 0 aliphatic carbocycles. The summed E-state index contributed by atoms with van der Waals surface area (Å²) in [6, 6.07) is 6.10. The average molecular weight is 266 g/mol. The Morgan fingerprint density at radius 3 is 2.78 bits per heavy atom. The molecule has 0 saturated heterocycles. The van der Waals surface area contributed by atoms with Gasteiger partial charge in [0.15, 0.2) is 6.04 Å². The van der Waals surface area contributed by atoms with Crippen LogP contribution in [0.2, 0.25) is 0 Å². The van der Waals surface area contributed by atoms with E-state index >= 15 is 0 Å². The van der Waals surface area contributed by atoms with E-state index in [9.17, 15) is 13.2 Å².